The number of aliphatic hydroxyl groups excluding tert-OH is 1. The summed E-state index contributed by atoms with van der Waals surface area (Å²) >= 11 is 3.68. The third-order valence-electron chi connectivity index (χ3n) is 3.91. The van der Waals surface area contributed by atoms with Gasteiger partial charge in [0.05, 0.1) is 11.2 Å². The number of ether oxygens (including phenoxy) is 4. The van der Waals surface area contributed by atoms with Crippen molar-refractivity contribution in [2.24, 2.45) is 0 Å². The fraction of sp³-hybridized carbons (Fsp3) is 1.00. The average Bonchev–Trinajstić information content (AvgIpc) is 2.73. The standard InChI is InChI=1S/C13H22O5S2/c1-12(2)17-8-7-16-10(15-3)9(14)13(8,18-12)11-19-5-4-6-20-11/h8-11,14H,4-7H2,1-3H3/t8-,9+,10-,13-/m1/s1. The molecular weight excluding hydrogens is 300 g/mol. The van der Waals surface area contributed by atoms with Gasteiger partial charge in [0.1, 0.15) is 12.2 Å². The van der Waals surface area contributed by atoms with E-state index >= 15 is 0 Å². The second-order valence-electron chi connectivity index (χ2n) is 5.77. The Morgan fingerprint density at radius 1 is 1.25 bits per heavy atom. The van der Waals surface area contributed by atoms with Crippen molar-refractivity contribution in [1.29, 1.82) is 0 Å². The van der Waals surface area contributed by atoms with E-state index in [2.05, 4.69) is 0 Å². The van der Waals surface area contributed by atoms with Gasteiger partial charge in [-0.1, -0.05) is 0 Å². The van der Waals surface area contributed by atoms with Gasteiger partial charge in [0.2, 0.25) is 0 Å². The molecule has 0 aromatic carbocycles. The number of thioether (sulfide) groups is 2. The Hall–Kier alpha value is 0.500. The molecule has 0 aliphatic carbocycles. The highest BCUT2D eigenvalue weighted by Crippen LogP contribution is 2.52. The molecule has 3 saturated heterocycles. The largest absolute Gasteiger partial charge is 0.385 e. The van der Waals surface area contributed by atoms with Gasteiger partial charge >= 0.3 is 0 Å². The first-order valence-electron chi connectivity index (χ1n) is 6.93. The van der Waals surface area contributed by atoms with Crippen LogP contribution in [-0.2, 0) is 18.9 Å². The molecule has 3 aliphatic rings. The smallest absolute Gasteiger partial charge is 0.186 e. The Labute approximate surface area is 128 Å². The number of methoxy groups -OCH3 is 1. The van der Waals surface area contributed by atoms with Crippen LogP contribution in [0.4, 0.5) is 0 Å². The van der Waals surface area contributed by atoms with E-state index in [0.717, 1.165) is 11.5 Å². The molecule has 20 heavy (non-hydrogen) atoms. The summed E-state index contributed by atoms with van der Waals surface area (Å²) in [4.78, 5) is 0. The van der Waals surface area contributed by atoms with Crippen molar-refractivity contribution in [3.05, 3.63) is 0 Å². The lowest BCUT2D eigenvalue weighted by Gasteiger charge is -2.48. The van der Waals surface area contributed by atoms with E-state index in [4.69, 9.17) is 18.9 Å². The molecule has 0 bridgehead atoms. The number of fused-ring (bicyclic) bond motifs is 1. The predicted octanol–water partition coefficient (Wildman–Crippen LogP) is 1.44. The fourth-order valence-electron chi connectivity index (χ4n) is 3.14. The topological polar surface area (TPSA) is 57.2 Å². The number of hydrogen-bond acceptors (Lipinski definition) is 7. The SMILES string of the molecule is CO[C@@H]1OC[C@H]2OC(C)(C)O[C@@]2(C2SCCCS2)[C@H]1O. The molecule has 116 valence electrons. The molecule has 3 heterocycles. The van der Waals surface area contributed by atoms with E-state index < -0.39 is 23.8 Å². The molecule has 0 spiro atoms. The van der Waals surface area contributed by atoms with E-state index in [1.165, 1.54) is 6.42 Å². The second-order valence-corrected chi connectivity index (χ2v) is 8.50. The van der Waals surface area contributed by atoms with E-state index in [0.29, 0.717) is 6.61 Å². The number of rotatable bonds is 2. The van der Waals surface area contributed by atoms with Crippen LogP contribution in [0.25, 0.3) is 0 Å². The van der Waals surface area contributed by atoms with Crippen LogP contribution < -0.4 is 0 Å². The van der Waals surface area contributed by atoms with Crippen molar-refractivity contribution < 1.29 is 24.1 Å². The molecule has 5 nitrogen and oxygen atoms in total. The van der Waals surface area contributed by atoms with Crippen molar-refractivity contribution in [2.45, 2.75) is 54.7 Å². The van der Waals surface area contributed by atoms with Gasteiger partial charge in [-0.15, -0.1) is 23.5 Å². The molecule has 0 unspecified atom stereocenters. The maximum atomic E-state index is 10.8. The Morgan fingerprint density at radius 3 is 2.60 bits per heavy atom. The highest BCUT2D eigenvalue weighted by atomic mass is 32.2. The summed E-state index contributed by atoms with van der Waals surface area (Å²) in [7, 11) is 1.55. The van der Waals surface area contributed by atoms with Gasteiger partial charge in [-0.05, 0) is 31.8 Å². The average molecular weight is 322 g/mol. The van der Waals surface area contributed by atoms with Crippen LogP contribution in [0.5, 0.6) is 0 Å². The van der Waals surface area contributed by atoms with Crippen LogP contribution in [0.15, 0.2) is 0 Å². The molecular formula is C13H22O5S2. The van der Waals surface area contributed by atoms with E-state index in [9.17, 15) is 5.11 Å². The van der Waals surface area contributed by atoms with Crippen LogP contribution in [0, 0.1) is 0 Å². The van der Waals surface area contributed by atoms with Crippen molar-refractivity contribution in [2.75, 3.05) is 25.2 Å². The van der Waals surface area contributed by atoms with E-state index in [-0.39, 0.29) is 10.7 Å². The minimum absolute atomic E-state index is 0.138. The fourth-order valence-corrected chi connectivity index (χ4v) is 6.53. The maximum absolute atomic E-state index is 10.8. The Kier molecular flexibility index (Phi) is 4.32. The molecule has 7 heteroatoms. The second kappa shape index (κ2) is 5.61. The lowest BCUT2D eigenvalue weighted by Crippen LogP contribution is -2.66. The third kappa shape index (κ3) is 2.41. The summed E-state index contributed by atoms with van der Waals surface area (Å²) in [5, 5.41) is 10.8. The van der Waals surface area contributed by atoms with Crippen LogP contribution in [0.3, 0.4) is 0 Å². The normalized spacial score (nSPS) is 45.3. The van der Waals surface area contributed by atoms with Gasteiger partial charge in [0.25, 0.3) is 0 Å². The summed E-state index contributed by atoms with van der Waals surface area (Å²) in [6.07, 6.45) is -0.582. The zero-order valence-electron chi connectivity index (χ0n) is 12.0. The van der Waals surface area contributed by atoms with Crippen LogP contribution in [0.1, 0.15) is 20.3 Å². The Bertz CT molecular complexity index is 357. The van der Waals surface area contributed by atoms with Crippen LogP contribution in [0.2, 0.25) is 0 Å². The van der Waals surface area contributed by atoms with Gasteiger partial charge in [-0.3, -0.25) is 0 Å². The molecule has 0 aromatic heterocycles. The quantitative estimate of drug-likeness (QED) is 0.825. The number of aliphatic hydroxyl groups is 1. The number of hydrogen-bond donors (Lipinski definition) is 1. The molecule has 0 amide bonds. The molecule has 0 saturated carbocycles. The van der Waals surface area contributed by atoms with Gasteiger partial charge in [-0.25, -0.2) is 0 Å². The van der Waals surface area contributed by atoms with E-state index in [1.54, 1.807) is 7.11 Å². The third-order valence-corrected chi connectivity index (χ3v) is 7.12. The highest BCUT2D eigenvalue weighted by Gasteiger charge is 2.66. The Balaban J connectivity index is 1.94. The molecule has 3 rings (SSSR count). The summed E-state index contributed by atoms with van der Waals surface area (Å²) in [6.45, 7) is 4.16. The van der Waals surface area contributed by atoms with Gasteiger partial charge in [0.15, 0.2) is 17.7 Å². The summed E-state index contributed by atoms with van der Waals surface area (Å²) in [5.41, 5.74) is -0.766. The van der Waals surface area contributed by atoms with Gasteiger partial charge < -0.3 is 24.1 Å². The van der Waals surface area contributed by atoms with E-state index in [1.807, 2.05) is 37.4 Å². The van der Waals surface area contributed by atoms with Crippen LogP contribution in [-0.4, -0.2) is 64.8 Å². The van der Waals surface area contributed by atoms with Crippen molar-refractivity contribution >= 4 is 23.5 Å². The molecule has 4 atom stereocenters. The maximum Gasteiger partial charge on any atom is 0.186 e. The van der Waals surface area contributed by atoms with Gasteiger partial charge in [-0.2, -0.15) is 0 Å². The zero-order chi connectivity index (χ0) is 14.4. The Morgan fingerprint density at radius 2 is 1.95 bits per heavy atom. The first-order chi connectivity index (χ1) is 9.49. The first kappa shape index (κ1) is 15.4. The van der Waals surface area contributed by atoms with Crippen molar-refractivity contribution in [3.63, 3.8) is 0 Å². The highest BCUT2D eigenvalue weighted by molar-refractivity contribution is 8.17. The molecule has 0 aromatic rings. The minimum atomic E-state index is -0.851. The van der Waals surface area contributed by atoms with Gasteiger partial charge in [0, 0.05) is 7.11 Å². The first-order valence-corrected chi connectivity index (χ1v) is 9.03. The lowest BCUT2D eigenvalue weighted by molar-refractivity contribution is -0.272. The summed E-state index contributed by atoms with van der Waals surface area (Å²) < 4.78 is 23.2. The molecule has 1 N–H and O–H groups in total. The summed E-state index contributed by atoms with van der Waals surface area (Å²) in [6, 6.07) is 0. The predicted molar refractivity (Wildman–Crippen MR) is 78.8 cm³/mol. The van der Waals surface area contributed by atoms with Crippen molar-refractivity contribution in [1.82, 2.24) is 0 Å². The summed E-state index contributed by atoms with van der Waals surface area (Å²) in [5.74, 6) is 1.46. The lowest BCUT2D eigenvalue weighted by atomic mass is 9.89. The molecule has 3 aliphatic heterocycles. The molecule has 3 fully saturated rings. The molecule has 0 radical (unpaired) electrons. The monoisotopic (exact) mass is 322 g/mol. The van der Waals surface area contributed by atoms with Crippen molar-refractivity contribution in [3.8, 4) is 0 Å². The van der Waals surface area contributed by atoms with Crippen LogP contribution >= 0.6 is 23.5 Å². The minimum Gasteiger partial charge on any atom is -0.385 e. The zero-order valence-corrected chi connectivity index (χ0v) is 13.7.